The van der Waals surface area contributed by atoms with Crippen molar-refractivity contribution >= 4 is 34.4 Å². The Labute approximate surface area is 184 Å². The third-order valence-electron chi connectivity index (χ3n) is 5.12. The van der Waals surface area contributed by atoms with E-state index in [9.17, 15) is 9.18 Å². The van der Waals surface area contributed by atoms with Crippen molar-refractivity contribution in [3.8, 4) is 11.4 Å². The number of fused-ring (bicyclic) bond motifs is 1. The molecule has 0 bridgehead atoms. The van der Waals surface area contributed by atoms with Crippen molar-refractivity contribution in [2.24, 2.45) is 5.41 Å². The number of nitrogens with one attached hydrogen (secondary N) is 2. The van der Waals surface area contributed by atoms with Gasteiger partial charge in [-0.15, -0.1) is 0 Å². The topological polar surface area (TPSA) is 96.0 Å². The van der Waals surface area contributed by atoms with E-state index >= 15 is 0 Å². The molecule has 0 aliphatic carbocycles. The van der Waals surface area contributed by atoms with Gasteiger partial charge in [0.15, 0.2) is 17.5 Å². The molecule has 8 nitrogen and oxygen atoms in total. The number of hydrogen-bond donors (Lipinski definition) is 2. The molecule has 3 aromatic rings. The summed E-state index contributed by atoms with van der Waals surface area (Å²) in [4.78, 5) is 30.3. The van der Waals surface area contributed by atoms with Crippen molar-refractivity contribution in [2.45, 2.75) is 26.8 Å². The van der Waals surface area contributed by atoms with E-state index in [4.69, 9.17) is 16.3 Å². The number of morpholine rings is 1. The van der Waals surface area contributed by atoms with Crippen LogP contribution in [0, 0.1) is 11.2 Å². The van der Waals surface area contributed by atoms with Crippen LogP contribution in [-0.4, -0.2) is 63.1 Å². The summed E-state index contributed by atoms with van der Waals surface area (Å²) in [5.41, 5.74) is 0.796. The molecule has 2 N–H and O–H groups in total. The normalized spacial score (nSPS) is 17.2. The van der Waals surface area contributed by atoms with E-state index in [2.05, 4.69) is 25.3 Å². The van der Waals surface area contributed by atoms with Crippen molar-refractivity contribution in [3.63, 3.8) is 0 Å². The summed E-state index contributed by atoms with van der Waals surface area (Å²) in [6.45, 7) is 7.32. The Hall–Kier alpha value is -2.78. The van der Waals surface area contributed by atoms with E-state index in [1.807, 2.05) is 20.8 Å². The summed E-state index contributed by atoms with van der Waals surface area (Å²) in [6, 6.07) is 1.53. The number of pyridine rings is 1. The minimum absolute atomic E-state index is 0.0367. The van der Waals surface area contributed by atoms with Gasteiger partial charge in [0.05, 0.1) is 30.5 Å². The van der Waals surface area contributed by atoms with Crippen LogP contribution in [0.25, 0.3) is 22.4 Å². The predicted octanol–water partition coefficient (Wildman–Crippen LogP) is 3.50. The Morgan fingerprint density at radius 2 is 2.19 bits per heavy atom. The fourth-order valence-electron chi connectivity index (χ4n) is 3.52. The smallest absolute Gasteiger partial charge is 0.228 e. The minimum Gasteiger partial charge on any atom is -0.377 e. The molecule has 0 radical (unpaired) electrons. The monoisotopic (exact) mass is 446 g/mol. The molecular weight excluding hydrogens is 423 g/mol. The zero-order valence-electron chi connectivity index (χ0n) is 17.6. The van der Waals surface area contributed by atoms with E-state index in [0.717, 1.165) is 11.6 Å². The quantitative estimate of drug-likeness (QED) is 0.636. The highest BCUT2D eigenvalue weighted by Gasteiger charge is 2.34. The number of aromatic amines is 1. The highest BCUT2D eigenvalue weighted by molar-refractivity contribution is 6.31. The SMILES string of the molecule is CC(C)(C)C(=O)N1CCOCC1CNc1nc(-c2c[nH]c3ncc(Cl)cc23)ncc1F. The van der Waals surface area contributed by atoms with Gasteiger partial charge >= 0.3 is 0 Å². The first-order valence-corrected chi connectivity index (χ1v) is 10.4. The van der Waals surface area contributed by atoms with Crippen LogP contribution in [0.3, 0.4) is 0 Å². The molecule has 4 heterocycles. The number of aromatic nitrogens is 4. The number of anilines is 1. The highest BCUT2D eigenvalue weighted by atomic mass is 35.5. The zero-order valence-corrected chi connectivity index (χ0v) is 18.3. The van der Waals surface area contributed by atoms with Gasteiger partial charge in [-0.1, -0.05) is 32.4 Å². The molecule has 0 spiro atoms. The first-order chi connectivity index (χ1) is 14.7. The van der Waals surface area contributed by atoms with Gasteiger partial charge in [0.2, 0.25) is 5.91 Å². The number of carbonyl (C=O) groups is 1. The summed E-state index contributed by atoms with van der Waals surface area (Å²) in [5.74, 6) is -0.149. The van der Waals surface area contributed by atoms with E-state index in [0.29, 0.717) is 48.4 Å². The molecule has 1 atom stereocenters. The minimum atomic E-state index is -0.579. The standard InChI is InChI=1S/C21H24ClFN6O2/c1-21(2,3)20(30)29-4-5-31-11-13(29)8-25-19-16(23)10-27-18(28-19)15-9-26-17-14(15)6-12(22)7-24-17/h6-7,9-10,13H,4-5,8,11H2,1-3H3,(H,24,26)(H,25,27,28). The Morgan fingerprint density at radius 3 is 2.97 bits per heavy atom. The van der Waals surface area contributed by atoms with Crippen molar-refractivity contribution in [3.05, 3.63) is 35.5 Å². The van der Waals surface area contributed by atoms with Gasteiger partial charge in [-0.05, 0) is 6.07 Å². The molecular formula is C21H24ClFN6O2. The molecule has 1 aliphatic heterocycles. The Kier molecular flexibility index (Phi) is 5.81. The van der Waals surface area contributed by atoms with Crippen LogP contribution in [0.2, 0.25) is 5.02 Å². The molecule has 164 valence electrons. The van der Waals surface area contributed by atoms with Gasteiger partial charge in [0, 0.05) is 41.8 Å². The highest BCUT2D eigenvalue weighted by Crippen LogP contribution is 2.28. The van der Waals surface area contributed by atoms with Gasteiger partial charge in [-0.3, -0.25) is 4.79 Å². The molecule has 10 heteroatoms. The Morgan fingerprint density at radius 1 is 1.39 bits per heavy atom. The first-order valence-electron chi connectivity index (χ1n) is 10.0. The lowest BCUT2D eigenvalue weighted by atomic mass is 9.93. The van der Waals surface area contributed by atoms with Crippen molar-refractivity contribution in [2.75, 3.05) is 31.6 Å². The molecule has 31 heavy (non-hydrogen) atoms. The van der Waals surface area contributed by atoms with E-state index in [1.165, 1.54) is 0 Å². The third kappa shape index (κ3) is 4.47. The number of amides is 1. The lowest BCUT2D eigenvalue weighted by molar-refractivity contribution is -0.147. The second-order valence-electron chi connectivity index (χ2n) is 8.50. The van der Waals surface area contributed by atoms with E-state index in [-0.39, 0.29) is 17.8 Å². The van der Waals surface area contributed by atoms with Crippen molar-refractivity contribution in [1.29, 1.82) is 0 Å². The molecule has 0 saturated carbocycles. The van der Waals surface area contributed by atoms with Crippen LogP contribution in [0.5, 0.6) is 0 Å². The number of nitrogens with zero attached hydrogens (tertiary/aromatic N) is 4. The molecule has 3 aromatic heterocycles. The van der Waals surface area contributed by atoms with Crippen LogP contribution < -0.4 is 5.32 Å². The summed E-state index contributed by atoms with van der Waals surface area (Å²) in [5, 5.41) is 4.25. The maximum absolute atomic E-state index is 14.4. The maximum atomic E-state index is 14.4. The van der Waals surface area contributed by atoms with Crippen molar-refractivity contribution in [1.82, 2.24) is 24.8 Å². The number of hydrogen-bond acceptors (Lipinski definition) is 6. The van der Waals surface area contributed by atoms with E-state index in [1.54, 1.807) is 23.4 Å². The first kappa shape index (κ1) is 21.5. The molecule has 1 aliphatic rings. The lowest BCUT2D eigenvalue weighted by Crippen LogP contribution is -2.54. The Bertz CT molecular complexity index is 1110. The predicted molar refractivity (Wildman–Crippen MR) is 116 cm³/mol. The summed E-state index contributed by atoms with van der Waals surface area (Å²) >= 11 is 6.06. The summed E-state index contributed by atoms with van der Waals surface area (Å²) in [6.07, 6.45) is 4.38. The number of halogens is 2. The van der Waals surface area contributed by atoms with Crippen LogP contribution in [-0.2, 0) is 9.53 Å². The van der Waals surface area contributed by atoms with Gasteiger partial charge in [0.25, 0.3) is 0 Å². The van der Waals surface area contributed by atoms with Crippen molar-refractivity contribution < 1.29 is 13.9 Å². The second-order valence-corrected chi connectivity index (χ2v) is 8.94. The molecule has 4 rings (SSSR count). The van der Waals surface area contributed by atoms with Gasteiger partial charge in [-0.2, -0.15) is 0 Å². The fourth-order valence-corrected chi connectivity index (χ4v) is 3.68. The lowest BCUT2D eigenvalue weighted by Gasteiger charge is -2.39. The summed E-state index contributed by atoms with van der Waals surface area (Å²) < 4.78 is 20.0. The third-order valence-corrected chi connectivity index (χ3v) is 5.32. The van der Waals surface area contributed by atoms with E-state index < -0.39 is 11.2 Å². The largest absolute Gasteiger partial charge is 0.377 e. The van der Waals surface area contributed by atoms with Gasteiger partial charge in [0.1, 0.15) is 5.65 Å². The average Bonchev–Trinajstić information content (AvgIpc) is 3.15. The number of H-pyrrole nitrogens is 1. The van der Waals surface area contributed by atoms with Crippen LogP contribution in [0.1, 0.15) is 20.8 Å². The van der Waals surface area contributed by atoms with Gasteiger partial charge in [-0.25, -0.2) is 19.3 Å². The van der Waals surface area contributed by atoms with Crippen LogP contribution >= 0.6 is 11.6 Å². The maximum Gasteiger partial charge on any atom is 0.228 e. The second kappa shape index (κ2) is 8.39. The average molecular weight is 447 g/mol. The molecule has 0 aromatic carbocycles. The number of rotatable bonds is 4. The Balaban J connectivity index is 1.56. The number of carbonyl (C=O) groups excluding carboxylic acids is 1. The zero-order chi connectivity index (χ0) is 22.2. The fraction of sp³-hybridized carbons (Fsp3) is 0.429. The number of ether oxygens (including phenoxy) is 1. The van der Waals surface area contributed by atoms with Crippen LogP contribution in [0.15, 0.2) is 24.7 Å². The van der Waals surface area contributed by atoms with Gasteiger partial charge < -0.3 is 19.9 Å². The molecule has 1 unspecified atom stereocenters. The van der Waals surface area contributed by atoms with Crippen LogP contribution in [0.4, 0.5) is 10.2 Å². The molecule has 1 fully saturated rings. The molecule has 1 saturated heterocycles. The summed E-state index contributed by atoms with van der Waals surface area (Å²) in [7, 11) is 0. The molecule has 1 amide bonds.